The molecule has 0 saturated carbocycles. The minimum atomic E-state index is 0.835. The van der Waals surface area contributed by atoms with Crippen molar-refractivity contribution in [3.63, 3.8) is 0 Å². The second-order valence-corrected chi connectivity index (χ2v) is 5.34. The Morgan fingerprint density at radius 2 is 2.16 bits per heavy atom. The van der Waals surface area contributed by atoms with Gasteiger partial charge >= 0.3 is 0 Å². The highest BCUT2D eigenvalue weighted by molar-refractivity contribution is 7.16. The lowest BCUT2D eigenvalue weighted by Crippen LogP contribution is -1.88. The fourth-order valence-electron chi connectivity index (χ4n) is 2.04. The van der Waals surface area contributed by atoms with Crippen LogP contribution in [0, 0.1) is 0 Å². The zero-order chi connectivity index (χ0) is 13.2. The van der Waals surface area contributed by atoms with Crippen LogP contribution >= 0.6 is 11.3 Å². The Kier molecular flexibility index (Phi) is 3.21. The molecule has 0 radical (unpaired) electrons. The maximum Gasteiger partial charge on any atom is 0.212 e. The van der Waals surface area contributed by atoms with Crippen LogP contribution in [0.25, 0.3) is 16.2 Å². The molecule has 2 aromatic heterocycles. The van der Waals surface area contributed by atoms with E-state index in [9.17, 15) is 0 Å². The van der Waals surface area contributed by atoms with Crippen molar-refractivity contribution in [1.29, 1.82) is 0 Å². The number of aromatic nitrogens is 3. The van der Waals surface area contributed by atoms with Crippen LogP contribution in [0.4, 0.5) is 0 Å². The van der Waals surface area contributed by atoms with Crippen molar-refractivity contribution in [3.8, 4) is 17.0 Å². The fourth-order valence-corrected chi connectivity index (χ4v) is 3.02. The summed E-state index contributed by atoms with van der Waals surface area (Å²) in [7, 11) is 1.68. The van der Waals surface area contributed by atoms with Crippen LogP contribution in [0.1, 0.15) is 18.4 Å². The van der Waals surface area contributed by atoms with Crippen LogP contribution in [0.3, 0.4) is 0 Å². The Morgan fingerprint density at radius 3 is 2.89 bits per heavy atom. The van der Waals surface area contributed by atoms with Crippen molar-refractivity contribution in [2.24, 2.45) is 0 Å². The third kappa shape index (κ3) is 2.21. The molecule has 0 aliphatic carbocycles. The van der Waals surface area contributed by atoms with Crippen LogP contribution in [0.15, 0.2) is 30.5 Å². The summed E-state index contributed by atoms with van der Waals surface area (Å²) in [4.78, 5) is 5.57. The standard InChI is InChI=1S/C14H15N3OS/c1-3-6-13-16-17-9-11(15-14(17)19-13)10-7-4-5-8-12(10)18-2/h4-5,7-9H,3,6H2,1-2H3. The van der Waals surface area contributed by atoms with Gasteiger partial charge in [-0.3, -0.25) is 0 Å². The summed E-state index contributed by atoms with van der Waals surface area (Å²) in [5.74, 6) is 0.835. The molecule has 0 N–H and O–H groups in total. The van der Waals surface area contributed by atoms with Gasteiger partial charge in [-0.2, -0.15) is 5.10 Å². The molecular weight excluding hydrogens is 258 g/mol. The molecule has 0 amide bonds. The smallest absolute Gasteiger partial charge is 0.212 e. The molecule has 5 heteroatoms. The average Bonchev–Trinajstić information content (AvgIpc) is 2.97. The van der Waals surface area contributed by atoms with Crippen LogP contribution in [0.2, 0.25) is 0 Å². The van der Waals surface area contributed by atoms with Gasteiger partial charge in [0.05, 0.1) is 19.0 Å². The first-order valence-electron chi connectivity index (χ1n) is 6.30. The molecule has 19 heavy (non-hydrogen) atoms. The molecule has 1 aromatic carbocycles. The molecule has 0 fully saturated rings. The Labute approximate surface area is 115 Å². The second-order valence-electron chi connectivity index (χ2n) is 4.30. The number of benzene rings is 1. The number of hydrogen-bond acceptors (Lipinski definition) is 4. The maximum absolute atomic E-state index is 5.37. The largest absolute Gasteiger partial charge is 0.496 e. The average molecular weight is 273 g/mol. The molecule has 2 heterocycles. The third-order valence-electron chi connectivity index (χ3n) is 2.93. The fraction of sp³-hybridized carbons (Fsp3) is 0.286. The first kappa shape index (κ1) is 12.2. The highest BCUT2D eigenvalue weighted by Crippen LogP contribution is 2.30. The van der Waals surface area contributed by atoms with E-state index < -0.39 is 0 Å². The molecule has 98 valence electrons. The molecule has 0 atom stereocenters. The second kappa shape index (κ2) is 5.01. The topological polar surface area (TPSA) is 39.4 Å². The van der Waals surface area contributed by atoms with Gasteiger partial charge in [-0.1, -0.05) is 30.4 Å². The number of methoxy groups -OCH3 is 1. The molecule has 0 aliphatic rings. The molecule has 0 spiro atoms. The van der Waals surface area contributed by atoms with E-state index in [1.54, 1.807) is 18.4 Å². The molecule has 0 bridgehead atoms. The Morgan fingerprint density at radius 1 is 1.32 bits per heavy atom. The molecule has 0 unspecified atom stereocenters. The first-order valence-corrected chi connectivity index (χ1v) is 7.12. The van der Waals surface area contributed by atoms with Crippen LogP contribution < -0.4 is 4.74 Å². The van der Waals surface area contributed by atoms with Gasteiger partial charge in [0.1, 0.15) is 10.8 Å². The number of imidazole rings is 1. The predicted octanol–water partition coefficient (Wildman–Crippen LogP) is 3.42. The summed E-state index contributed by atoms with van der Waals surface area (Å²) in [6, 6.07) is 7.90. The van der Waals surface area contributed by atoms with Gasteiger partial charge in [0, 0.05) is 12.0 Å². The van der Waals surface area contributed by atoms with E-state index in [0.717, 1.165) is 39.8 Å². The summed E-state index contributed by atoms with van der Waals surface area (Å²) in [5, 5.41) is 5.67. The molecule has 0 saturated heterocycles. The predicted molar refractivity (Wildman–Crippen MR) is 76.8 cm³/mol. The minimum absolute atomic E-state index is 0.835. The lowest BCUT2D eigenvalue weighted by atomic mass is 10.1. The highest BCUT2D eigenvalue weighted by atomic mass is 32.1. The van der Waals surface area contributed by atoms with Gasteiger partial charge in [-0.15, -0.1) is 0 Å². The van der Waals surface area contributed by atoms with Gasteiger partial charge in [0.15, 0.2) is 0 Å². The third-order valence-corrected chi connectivity index (χ3v) is 3.91. The number of ether oxygens (including phenoxy) is 1. The highest BCUT2D eigenvalue weighted by Gasteiger charge is 2.12. The van der Waals surface area contributed by atoms with Crippen molar-refractivity contribution in [3.05, 3.63) is 35.5 Å². The van der Waals surface area contributed by atoms with Gasteiger partial charge in [-0.05, 0) is 18.6 Å². The molecule has 3 aromatic rings. The van der Waals surface area contributed by atoms with E-state index in [1.807, 2.05) is 35.0 Å². The summed E-state index contributed by atoms with van der Waals surface area (Å²) >= 11 is 1.65. The van der Waals surface area contributed by atoms with Crippen molar-refractivity contribution in [2.45, 2.75) is 19.8 Å². The van der Waals surface area contributed by atoms with Crippen molar-refractivity contribution in [1.82, 2.24) is 14.6 Å². The monoisotopic (exact) mass is 273 g/mol. The quantitative estimate of drug-likeness (QED) is 0.731. The molecule has 0 aliphatic heterocycles. The summed E-state index contributed by atoms with van der Waals surface area (Å²) in [6.45, 7) is 2.16. The normalized spacial score (nSPS) is 11.1. The number of rotatable bonds is 4. The summed E-state index contributed by atoms with van der Waals surface area (Å²) < 4.78 is 7.23. The molecule has 3 rings (SSSR count). The number of fused-ring (bicyclic) bond motifs is 1. The van der Waals surface area contributed by atoms with Crippen molar-refractivity contribution >= 4 is 16.3 Å². The number of para-hydroxylation sites is 1. The lowest BCUT2D eigenvalue weighted by Gasteiger charge is -2.04. The molecule has 4 nitrogen and oxygen atoms in total. The van der Waals surface area contributed by atoms with E-state index >= 15 is 0 Å². The Hall–Kier alpha value is -1.88. The SMILES string of the molecule is CCCc1nn2cc(-c3ccccc3OC)nc2s1. The van der Waals surface area contributed by atoms with Crippen molar-refractivity contribution in [2.75, 3.05) is 7.11 Å². The van der Waals surface area contributed by atoms with Gasteiger partial charge in [0.2, 0.25) is 4.96 Å². The number of aryl methyl sites for hydroxylation is 1. The Bertz CT molecular complexity index is 670. The van der Waals surface area contributed by atoms with Crippen molar-refractivity contribution < 1.29 is 4.74 Å². The van der Waals surface area contributed by atoms with E-state index in [1.165, 1.54) is 0 Å². The minimum Gasteiger partial charge on any atom is -0.496 e. The van der Waals surface area contributed by atoms with E-state index in [-0.39, 0.29) is 0 Å². The van der Waals surface area contributed by atoms with Crippen LogP contribution in [0.5, 0.6) is 5.75 Å². The summed E-state index contributed by atoms with van der Waals surface area (Å²) in [6.07, 6.45) is 4.08. The zero-order valence-corrected chi connectivity index (χ0v) is 11.8. The van der Waals surface area contributed by atoms with Crippen LogP contribution in [-0.2, 0) is 6.42 Å². The van der Waals surface area contributed by atoms with Gasteiger partial charge in [-0.25, -0.2) is 9.50 Å². The zero-order valence-electron chi connectivity index (χ0n) is 11.0. The number of hydrogen-bond donors (Lipinski definition) is 0. The van der Waals surface area contributed by atoms with E-state index in [2.05, 4.69) is 17.0 Å². The Balaban J connectivity index is 2.03. The summed E-state index contributed by atoms with van der Waals surface area (Å²) in [5.41, 5.74) is 1.90. The number of nitrogens with zero attached hydrogens (tertiary/aromatic N) is 3. The van der Waals surface area contributed by atoms with E-state index in [4.69, 9.17) is 4.74 Å². The van der Waals surface area contributed by atoms with Gasteiger partial charge in [0.25, 0.3) is 0 Å². The van der Waals surface area contributed by atoms with Crippen LogP contribution in [-0.4, -0.2) is 21.7 Å². The maximum atomic E-state index is 5.37. The lowest BCUT2D eigenvalue weighted by molar-refractivity contribution is 0.416. The van der Waals surface area contributed by atoms with E-state index in [0.29, 0.717) is 0 Å². The molecular formula is C14H15N3OS. The van der Waals surface area contributed by atoms with Gasteiger partial charge < -0.3 is 4.74 Å². The first-order chi connectivity index (χ1) is 9.31.